The van der Waals surface area contributed by atoms with Crippen LogP contribution in [0.3, 0.4) is 0 Å². The molecule has 0 fully saturated rings. The largest absolute Gasteiger partial charge is 0.545 e. The van der Waals surface area contributed by atoms with Crippen LogP contribution in [0.2, 0.25) is 0 Å². The van der Waals surface area contributed by atoms with Gasteiger partial charge in [0.05, 0.1) is 11.9 Å². The van der Waals surface area contributed by atoms with Gasteiger partial charge in [0.2, 0.25) is 0 Å². The molecule has 0 radical (unpaired) electrons. The van der Waals surface area contributed by atoms with E-state index in [-0.39, 0.29) is 11.1 Å². The van der Waals surface area contributed by atoms with Crippen molar-refractivity contribution in [1.29, 1.82) is 0 Å². The van der Waals surface area contributed by atoms with E-state index in [0.717, 1.165) is 0 Å². The van der Waals surface area contributed by atoms with Crippen LogP contribution in [0.1, 0.15) is 26.7 Å². The van der Waals surface area contributed by atoms with Gasteiger partial charge in [0, 0.05) is 0 Å². The van der Waals surface area contributed by atoms with Crippen LogP contribution in [0.5, 0.6) is 0 Å². The monoisotopic (exact) mass is 198 g/mol. The first-order valence-corrected chi connectivity index (χ1v) is 4.14. The van der Waals surface area contributed by atoms with Crippen LogP contribution in [0.25, 0.3) is 0 Å². The summed E-state index contributed by atoms with van der Waals surface area (Å²) in [5, 5.41) is 19.4. The first-order valence-electron chi connectivity index (χ1n) is 4.14. The van der Waals surface area contributed by atoms with Crippen LogP contribution in [-0.4, -0.2) is 11.9 Å². The molecule has 0 N–H and O–H groups in total. The van der Waals surface area contributed by atoms with Crippen molar-refractivity contribution in [1.82, 2.24) is 0 Å². The molecule has 0 atom stereocenters. The standard InChI is InChI=1S/2C5H8O2/c2*1-3-4(2)5(6)7/h2*2-3H2,1H3,(H,6,7)/p-2. The zero-order valence-electron chi connectivity index (χ0n) is 8.46. The van der Waals surface area contributed by atoms with Crippen molar-refractivity contribution < 1.29 is 19.8 Å². The average Bonchev–Trinajstić information content (AvgIpc) is 2.15. The molecule has 4 heteroatoms. The van der Waals surface area contributed by atoms with E-state index in [1.807, 2.05) is 0 Å². The molecule has 4 nitrogen and oxygen atoms in total. The first-order chi connectivity index (χ1) is 6.36. The Balaban J connectivity index is 0. The lowest BCUT2D eigenvalue weighted by molar-refractivity contribution is -0.300. The van der Waals surface area contributed by atoms with Crippen molar-refractivity contribution in [3.63, 3.8) is 0 Å². The van der Waals surface area contributed by atoms with Crippen LogP contribution < -0.4 is 10.2 Å². The van der Waals surface area contributed by atoms with Crippen molar-refractivity contribution in [2.24, 2.45) is 0 Å². The van der Waals surface area contributed by atoms with Crippen molar-refractivity contribution in [3.05, 3.63) is 24.3 Å². The third-order valence-corrected chi connectivity index (χ3v) is 1.43. The molecule has 0 rings (SSSR count). The molecule has 80 valence electrons. The Kier molecular flexibility index (Phi) is 8.57. The summed E-state index contributed by atoms with van der Waals surface area (Å²) in [5.41, 5.74) is 0.306. The van der Waals surface area contributed by atoms with Crippen LogP contribution in [0, 0.1) is 0 Å². The molecule has 0 aromatic carbocycles. The minimum atomic E-state index is -1.15. The normalized spacial score (nSPS) is 8.14. The number of hydrogen-bond acceptors (Lipinski definition) is 4. The topological polar surface area (TPSA) is 80.3 Å². The van der Waals surface area contributed by atoms with Gasteiger partial charge in [-0.05, 0) is 24.0 Å². The summed E-state index contributed by atoms with van der Waals surface area (Å²) in [6.07, 6.45) is 0.921. The highest BCUT2D eigenvalue weighted by Crippen LogP contribution is 1.91. The molecule has 0 aromatic rings. The maximum atomic E-state index is 9.72. The van der Waals surface area contributed by atoms with E-state index in [0.29, 0.717) is 12.8 Å². The highest BCUT2D eigenvalue weighted by molar-refractivity contribution is 5.83. The quantitative estimate of drug-likeness (QED) is 0.565. The molecule has 0 aliphatic heterocycles. The predicted molar refractivity (Wildman–Crippen MR) is 48.9 cm³/mol. The molecule has 0 amide bonds. The molecule has 0 aliphatic carbocycles. The molecule has 0 aliphatic rings. The Morgan fingerprint density at radius 3 is 1.14 bits per heavy atom. The fraction of sp³-hybridized carbons (Fsp3) is 0.400. The number of carbonyl (C=O) groups is 2. The molecular weight excluding hydrogens is 184 g/mol. The number of hydrogen-bond donors (Lipinski definition) is 0. The predicted octanol–water partition coefficient (Wildman–Crippen LogP) is -0.595. The number of carboxylic acid groups (broad SMARTS) is 2. The van der Waals surface area contributed by atoms with Crippen molar-refractivity contribution in [3.8, 4) is 0 Å². The number of rotatable bonds is 4. The fourth-order valence-electron chi connectivity index (χ4n) is 0.289. The fourth-order valence-corrected chi connectivity index (χ4v) is 0.289. The van der Waals surface area contributed by atoms with E-state index >= 15 is 0 Å². The van der Waals surface area contributed by atoms with E-state index in [1.54, 1.807) is 13.8 Å². The molecule has 0 aromatic heterocycles. The van der Waals surface area contributed by atoms with Gasteiger partial charge in [0.1, 0.15) is 0 Å². The molecule has 0 heterocycles. The maximum absolute atomic E-state index is 9.72. The second kappa shape index (κ2) is 8.04. The lowest BCUT2D eigenvalue weighted by atomic mass is 10.2. The van der Waals surface area contributed by atoms with Crippen molar-refractivity contribution in [2.45, 2.75) is 26.7 Å². The minimum Gasteiger partial charge on any atom is -0.545 e. The Hall–Kier alpha value is -1.58. The summed E-state index contributed by atoms with van der Waals surface area (Å²) in [7, 11) is 0. The smallest absolute Gasteiger partial charge is 0.0668 e. The number of carboxylic acids is 2. The summed E-state index contributed by atoms with van der Waals surface area (Å²) < 4.78 is 0. The SMILES string of the molecule is C=C(CC)C(=O)[O-].C=C(CC)C(=O)[O-]. The Morgan fingerprint density at radius 2 is 1.14 bits per heavy atom. The molecule has 0 saturated heterocycles. The van der Waals surface area contributed by atoms with E-state index in [1.165, 1.54) is 0 Å². The van der Waals surface area contributed by atoms with Crippen molar-refractivity contribution in [2.75, 3.05) is 0 Å². The highest BCUT2D eigenvalue weighted by atomic mass is 16.4. The Labute approximate surface area is 83.6 Å². The Bertz CT molecular complexity index is 215. The lowest BCUT2D eigenvalue weighted by Crippen LogP contribution is -2.23. The van der Waals surface area contributed by atoms with Gasteiger partial charge < -0.3 is 19.8 Å². The van der Waals surface area contributed by atoms with Crippen LogP contribution in [0.15, 0.2) is 24.3 Å². The minimum absolute atomic E-state index is 0.153. The number of carbonyl (C=O) groups excluding carboxylic acids is 2. The van der Waals surface area contributed by atoms with Gasteiger partial charge in [0.25, 0.3) is 0 Å². The third kappa shape index (κ3) is 8.52. The summed E-state index contributed by atoms with van der Waals surface area (Å²) >= 11 is 0. The second-order valence-corrected chi connectivity index (χ2v) is 2.49. The van der Waals surface area contributed by atoms with Gasteiger partial charge in [-0.3, -0.25) is 0 Å². The van der Waals surface area contributed by atoms with E-state index in [2.05, 4.69) is 13.2 Å². The summed E-state index contributed by atoms with van der Waals surface area (Å²) in [6.45, 7) is 9.86. The molecule has 14 heavy (non-hydrogen) atoms. The van der Waals surface area contributed by atoms with Gasteiger partial charge in [-0.15, -0.1) is 0 Å². The summed E-state index contributed by atoms with van der Waals surface area (Å²) in [5.74, 6) is -2.30. The van der Waals surface area contributed by atoms with Gasteiger partial charge in [0.15, 0.2) is 0 Å². The second-order valence-electron chi connectivity index (χ2n) is 2.49. The summed E-state index contributed by atoms with van der Waals surface area (Å²) in [6, 6.07) is 0. The molecule has 0 spiro atoms. The number of aliphatic carboxylic acids is 2. The van der Waals surface area contributed by atoms with Crippen LogP contribution in [-0.2, 0) is 9.59 Å². The third-order valence-electron chi connectivity index (χ3n) is 1.43. The van der Waals surface area contributed by atoms with Gasteiger partial charge >= 0.3 is 0 Å². The molecule has 0 unspecified atom stereocenters. The molecular formula is C10H14O4-2. The molecule has 0 saturated carbocycles. The maximum Gasteiger partial charge on any atom is 0.0668 e. The molecule has 0 bridgehead atoms. The zero-order valence-corrected chi connectivity index (χ0v) is 8.46. The lowest BCUT2D eigenvalue weighted by Gasteiger charge is -1.98. The van der Waals surface area contributed by atoms with E-state index in [9.17, 15) is 19.8 Å². The first kappa shape index (κ1) is 14.9. The Morgan fingerprint density at radius 1 is 0.929 bits per heavy atom. The zero-order chi connectivity index (χ0) is 11.7. The van der Waals surface area contributed by atoms with Crippen molar-refractivity contribution >= 4 is 11.9 Å². The highest BCUT2D eigenvalue weighted by Gasteiger charge is 1.85. The van der Waals surface area contributed by atoms with E-state index < -0.39 is 11.9 Å². The average molecular weight is 198 g/mol. The van der Waals surface area contributed by atoms with Crippen LogP contribution >= 0.6 is 0 Å². The van der Waals surface area contributed by atoms with E-state index in [4.69, 9.17) is 0 Å². The summed E-state index contributed by atoms with van der Waals surface area (Å²) in [4.78, 5) is 19.4. The van der Waals surface area contributed by atoms with Gasteiger partial charge in [-0.25, -0.2) is 0 Å². The van der Waals surface area contributed by atoms with Gasteiger partial charge in [-0.2, -0.15) is 0 Å². The van der Waals surface area contributed by atoms with Gasteiger partial charge in [-0.1, -0.05) is 27.0 Å². The van der Waals surface area contributed by atoms with Crippen LogP contribution in [0.4, 0.5) is 0 Å².